The van der Waals surface area contributed by atoms with Crippen molar-refractivity contribution in [2.75, 3.05) is 4.90 Å². The molecule has 3 aromatic heterocycles. The highest BCUT2D eigenvalue weighted by Gasteiger charge is 2.18. The molecule has 0 saturated heterocycles. The van der Waals surface area contributed by atoms with E-state index in [-0.39, 0.29) is 0 Å². The first-order valence-electron chi connectivity index (χ1n) is 21.5. The molecule has 0 saturated carbocycles. The first-order chi connectivity index (χ1) is 31.7. The molecule has 3 heterocycles. The van der Waals surface area contributed by atoms with Gasteiger partial charge in [-0.3, -0.25) is 4.40 Å². The lowest BCUT2D eigenvalue weighted by Gasteiger charge is -2.26. The van der Waals surface area contributed by atoms with Crippen molar-refractivity contribution < 1.29 is 0 Å². The fraction of sp³-hybridized carbons (Fsp3) is 0. The molecule has 0 amide bonds. The minimum atomic E-state index is 0.688. The van der Waals surface area contributed by atoms with Crippen LogP contribution in [0.1, 0.15) is 0 Å². The largest absolute Gasteiger partial charge is 0.311 e. The first kappa shape index (κ1) is 38.3. The molecule has 0 bridgehead atoms. The zero-order valence-corrected chi connectivity index (χ0v) is 34.9. The summed E-state index contributed by atoms with van der Waals surface area (Å²) < 4.78 is 2.18. The third kappa shape index (κ3) is 7.63. The van der Waals surface area contributed by atoms with E-state index in [1.807, 2.05) is 36.4 Å². The number of hydrogen-bond donors (Lipinski definition) is 0. The molecule has 8 aromatic carbocycles. The zero-order chi connectivity index (χ0) is 42.7. The van der Waals surface area contributed by atoms with Crippen molar-refractivity contribution in [2.45, 2.75) is 0 Å². The number of imidazole rings is 1. The van der Waals surface area contributed by atoms with Gasteiger partial charge in [0.2, 0.25) is 0 Å². The summed E-state index contributed by atoms with van der Waals surface area (Å²) in [5.74, 6) is 0.688. The standard InChI is InChI=1S/C59H41N5/c1-5-15-42(16-6-1)43-24-28-47(29-25-43)55-41-54(46-17-7-2-8-18-46)60-59(61-55)50-30-26-44(27-31-50)45-32-36-52(37-33-45)64(51-21-11-4-12-22-51)53-38-34-49(35-39-53)58-57(48-19-9-3-10-20-48)62-56-23-13-14-40-63(56)58/h1-41H. The molecule has 11 aromatic rings. The van der Waals surface area contributed by atoms with Gasteiger partial charge in [-0.2, -0.15) is 0 Å². The first-order valence-corrected chi connectivity index (χ1v) is 21.5. The van der Waals surface area contributed by atoms with Crippen LogP contribution in [0.25, 0.3) is 84.3 Å². The van der Waals surface area contributed by atoms with Crippen molar-refractivity contribution in [3.05, 3.63) is 249 Å². The summed E-state index contributed by atoms with van der Waals surface area (Å²) >= 11 is 0. The summed E-state index contributed by atoms with van der Waals surface area (Å²) in [5, 5.41) is 0. The second kappa shape index (κ2) is 17.0. The van der Waals surface area contributed by atoms with Crippen molar-refractivity contribution in [1.29, 1.82) is 0 Å². The Hall–Kier alpha value is -8.67. The van der Waals surface area contributed by atoms with E-state index in [0.717, 1.165) is 84.4 Å². The molecule has 0 atom stereocenters. The molecule has 64 heavy (non-hydrogen) atoms. The van der Waals surface area contributed by atoms with E-state index in [1.165, 1.54) is 11.1 Å². The number of aromatic nitrogens is 4. The summed E-state index contributed by atoms with van der Waals surface area (Å²) in [6, 6.07) is 84.7. The fourth-order valence-electron chi connectivity index (χ4n) is 8.42. The lowest BCUT2D eigenvalue weighted by atomic mass is 10.0. The van der Waals surface area contributed by atoms with E-state index in [9.17, 15) is 0 Å². The van der Waals surface area contributed by atoms with Gasteiger partial charge in [-0.05, 0) is 76.9 Å². The topological polar surface area (TPSA) is 46.3 Å². The van der Waals surface area contributed by atoms with Crippen LogP contribution in [0.4, 0.5) is 17.1 Å². The number of benzene rings is 8. The third-order valence-corrected chi connectivity index (χ3v) is 11.7. The Morgan fingerprint density at radius 3 is 1.25 bits per heavy atom. The van der Waals surface area contributed by atoms with Crippen LogP contribution in [0, 0.1) is 0 Å². The molecule has 0 radical (unpaired) electrons. The van der Waals surface area contributed by atoms with Gasteiger partial charge >= 0.3 is 0 Å². The van der Waals surface area contributed by atoms with E-state index in [1.54, 1.807) is 0 Å². The van der Waals surface area contributed by atoms with Gasteiger partial charge in [0, 0.05) is 51.1 Å². The number of fused-ring (bicyclic) bond motifs is 1. The van der Waals surface area contributed by atoms with Gasteiger partial charge in [-0.1, -0.05) is 188 Å². The maximum Gasteiger partial charge on any atom is 0.160 e. The van der Waals surface area contributed by atoms with Gasteiger partial charge in [-0.15, -0.1) is 0 Å². The molecule has 0 N–H and O–H groups in total. The molecule has 0 aliphatic carbocycles. The minimum absolute atomic E-state index is 0.688. The predicted molar refractivity (Wildman–Crippen MR) is 264 cm³/mol. The molecular weight excluding hydrogens is 779 g/mol. The number of anilines is 3. The Kier molecular flexibility index (Phi) is 10.2. The van der Waals surface area contributed by atoms with Crippen LogP contribution >= 0.6 is 0 Å². The summed E-state index contributed by atoms with van der Waals surface area (Å²) in [6.45, 7) is 0. The van der Waals surface area contributed by atoms with E-state index in [4.69, 9.17) is 15.0 Å². The van der Waals surface area contributed by atoms with Crippen LogP contribution in [0.5, 0.6) is 0 Å². The van der Waals surface area contributed by atoms with E-state index in [2.05, 4.69) is 222 Å². The molecule has 11 rings (SSSR count). The van der Waals surface area contributed by atoms with Gasteiger partial charge in [-0.25, -0.2) is 15.0 Å². The minimum Gasteiger partial charge on any atom is -0.311 e. The smallest absolute Gasteiger partial charge is 0.160 e. The van der Waals surface area contributed by atoms with Crippen LogP contribution in [-0.4, -0.2) is 19.4 Å². The molecule has 0 aliphatic heterocycles. The Bertz CT molecular complexity index is 3310. The number of nitrogens with zero attached hydrogens (tertiary/aromatic N) is 5. The van der Waals surface area contributed by atoms with E-state index >= 15 is 0 Å². The van der Waals surface area contributed by atoms with Crippen LogP contribution in [0.2, 0.25) is 0 Å². The van der Waals surface area contributed by atoms with Crippen LogP contribution < -0.4 is 4.90 Å². The van der Waals surface area contributed by atoms with E-state index < -0.39 is 0 Å². The molecular formula is C59H41N5. The van der Waals surface area contributed by atoms with Crippen molar-refractivity contribution in [2.24, 2.45) is 0 Å². The van der Waals surface area contributed by atoms with Crippen molar-refractivity contribution in [3.8, 4) is 78.7 Å². The lowest BCUT2D eigenvalue weighted by molar-refractivity contribution is 1.18. The van der Waals surface area contributed by atoms with Crippen LogP contribution in [0.3, 0.4) is 0 Å². The average Bonchev–Trinajstić information content (AvgIpc) is 3.78. The molecule has 0 fully saturated rings. The molecule has 0 unspecified atom stereocenters. The van der Waals surface area contributed by atoms with E-state index in [0.29, 0.717) is 5.82 Å². The van der Waals surface area contributed by atoms with Crippen LogP contribution in [0.15, 0.2) is 249 Å². The number of hydrogen-bond acceptors (Lipinski definition) is 4. The lowest BCUT2D eigenvalue weighted by Crippen LogP contribution is -2.09. The Balaban J connectivity index is 0.892. The zero-order valence-electron chi connectivity index (χ0n) is 34.9. The third-order valence-electron chi connectivity index (χ3n) is 11.7. The fourth-order valence-corrected chi connectivity index (χ4v) is 8.42. The highest BCUT2D eigenvalue weighted by molar-refractivity contribution is 5.85. The predicted octanol–water partition coefficient (Wildman–Crippen LogP) is 15.3. The van der Waals surface area contributed by atoms with Gasteiger partial charge in [0.15, 0.2) is 5.82 Å². The molecule has 5 heteroatoms. The normalized spacial score (nSPS) is 11.1. The van der Waals surface area contributed by atoms with Gasteiger partial charge < -0.3 is 4.90 Å². The maximum atomic E-state index is 5.12. The Morgan fingerprint density at radius 2 is 0.688 bits per heavy atom. The molecule has 5 nitrogen and oxygen atoms in total. The number of rotatable bonds is 10. The Labute approximate surface area is 372 Å². The quantitative estimate of drug-likeness (QED) is 0.138. The highest BCUT2D eigenvalue weighted by Crippen LogP contribution is 2.39. The summed E-state index contributed by atoms with van der Waals surface area (Å²) in [5.41, 5.74) is 17.8. The average molecular weight is 820 g/mol. The van der Waals surface area contributed by atoms with Gasteiger partial charge in [0.05, 0.1) is 22.8 Å². The summed E-state index contributed by atoms with van der Waals surface area (Å²) in [4.78, 5) is 17.6. The number of para-hydroxylation sites is 1. The van der Waals surface area contributed by atoms with Gasteiger partial charge in [0.25, 0.3) is 0 Å². The second-order valence-electron chi connectivity index (χ2n) is 15.7. The summed E-state index contributed by atoms with van der Waals surface area (Å²) in [6.07, 6.45) is 2.09. The SMILES string of the molecule is c1ccc(-c2ccc(-c3cc(-c4ccccc4)nc(-c4ccc(-c5ccc(N(c6ccccc6)c6ccc(-c7c(-c8ccccc8)nc8ccccn78)cc6)cc5)cc4)n3)cc2)cc1. The maximum absolute atomic E-state index is 5.12. The van der Waals surface area contributed by atoms with Gasteiger partial charge in [0.1, 0.15) is 5.65 Å². The van der Waals surface area contributed by atoms with Crippen molar-refractivity contribution >= 4 is 22.7 Å². The highest BCUT2D eigenvalue weighted by atomic mass is 15.1. The number of pyridine rings is 1. The molecule has 302 valence electrons. The second-order valence-corrected chi connectivity index (χ2v) is 15.7. The molecule has 0 aliphatic rings. The van der Waals surface area contributed by atoms with Crippen LogP contribution in [-0.2, 0) is 0 Å². The van der Waals surface area contributed by atoms with Crippen molar-refractivity contribution in [3.63, 3.8) is 0 Å². The molecule has 0 spiro atoms. The summed E-state index contributed by atoms with van der Waals surface area (Å²) in [7, 11) is 0. The monoisotopic (exact) mass is 819 g/mol. The Morgan fingerprint density at radius 1 is 0.297 bits per heavy atom. The van der Waals surface area contributed by atoms with Crippen molar-refractivity contribution in [1.82, 2.24) is 19.4 Å².